The number of carbonyl (C=O) groups is 2. The van der Waals surface area contributed by atoms with Gasteiger partial charge in [-0.15, -0.1) is 0 Å². The minimum atomic E-state index is -4.61. The highest BCUT2D eigenvalue weighted by Crippen LogP contribution is 2.30. The summed E-state index contributed by atoms with van der Waals surface area (Å²) < 4.78 is 48.7. The smallest absolute Gasteiger partial charge is 0.416 e. The Hall–Kier alpha value is -3.60. The Morgan fingerprint density at radius 2 is 1.86 bits per heavy atom. The molecule has 0 aromatic heterocycles. The molecule has 0 heterocycles. The fourth-order valence-electron chi connectivity index (χ4n) is 2.37. The highest BCUT2D eigenvalue weighted by molar-refractivity contribution is 6.14. The van der Waals surface area contributed by atoms with Crippen LogP contribution >= 0.6 is 0 Å². The second kappa shape index (κ2) is 9.55. The van der Waals surface area contributed by atoms with Gasteiger partial charge in [-0.3, -0.25) is 4.79 Å². The molecule has 0 amide bonds. The van der Waals surface area contributed by atoms with Crippen LogP contribution in [0.3, 0.4) is 0 Å². The van der Waals surface area contributed by atoms with Gasteiger partial charge in [0.25, 0.3) is 0 Å². The first-order valence-electron chi connectivity index (χ1n) is 8.47. The number of hydrogen-bond acceptors (Lipinski definition) is 5. The summed E-state index contributed by atoms with van der Waals surface area (Å²) in [4.78, 5) is 24.0. The van der Waals surface area contributed by atoms with Crippen molar-refractivity contribution in [3.8, 4) is 11.8 Å². The zero-order valence-corrected chi connectivity index (χ0v) is 15.3. The van der Waals surface area contributed by atoms with Crippen LogP contribution in [0.5, 0.6) is 5.75 Å². The Balaban J connectivity index is 2.32. The number of benzene rings is 2. The van der Waals surface area contributed by atoms with E-state index in [1.54, 1.807) is 25.1 Å². The number of Topliss-reactive ketones (excluding diaryl/α,β-unsaturated/α-hetero) is 1. The van der Waals surface area contributed by atoms with Gasteiger partial charge in [0.05, 0.1) is 12.2 Å². The molecular weight excluding hydrogens is 387 g/mol. The first kappa shape index (κ1) is 21.7. The van der Waals surface area contributed by atoms with E-state index in [0.29, 0.717) is 11.6 Å². The van der Waals surface area contributed by atoms with Gasteiger partial charge in [0, 0.05) is 11.1 Å². The molecule has 8 heteroatoms. The van der Waals surface area contributed by atoms with E-state index < -0.39 is 23.5 Å². The molecule has 0 N–H and O–H groups in total. The number of ketones is 1. The first-order chi connectivity index (χ1) is 13.8. The summed E-state index contributed by atoms with van der Waals surface area (Å²) in [7, 11) is 0. The molecule has 150 valence electrons. The van der Waals surface area contributed by atoms with Crippen molar-refractivity contribution in [3.05, 3.63) is 70.8 Å². The average molecular weight is 403 g/mol. The molecule has 0 aliphatic heterocycles. The van der Waals surface area contributed by atoms with Crippen LogP contribution in [-0.2, 0) is 15.7 Å². The van der Waals surface area contributed by atoms with Gasteiger partial charge < -0.3 is 9.47 Å². The van der Waals surface area contributed by atoms with Gasteiger partial charge in [0.1, 0.15) is 17.4 Å². The van der Waals surface area contributed by atoms with Crippen LogP contribution in [0.25, 0.3) is 6.08 Å². The second-order valence-corrected chi connectivity index (χ2v) is 5.71. The predicted molar refractivity (Wildman–Crippen MR) is 97.9 cm³/mol. The standard InChI is InChI=1S/C21H16F3NO4/c1-2-28-19(26)13-29-18-9-4-3-6-14(18)10-16(12-25)20(27)15-7-5-8-17(11-15)21(22,23)24/h3-11H,2,13H2,1H3. The van der Waals surface area contributed by atoms with E-state index in [1.807, 2.05) is 0 Å². The van der Waals surface area contributed by atoms with Crippen molar-refractivity contribution >= 4 is 17.8 Å². The van der Waals surface area contributed by atoms with E-state index in [-0.39, 0.29) is 30.1 Å². The lowest BCUT2D eigenvalue weighted by atomic mass is 10.00. The van der Waals surface area contributed by atoms with E-state index >= 15 is 0 Å². The third kappa shape index (κ3) is 5.94. The van der Waals surface area contributed by atoms with Crippen molar-refractivity contribution in [3.63, 3.8) is 0 Å². The maximum atomic E-state index is 12.9. The Labute approximate surface area is 165 Å². The number of nitrogens with zero attached hydrogens (tertiary/aromatic N) is 1. The zero-order valence-electron chi connectivity index (χ0n) is 15.3. The molecule has 2 rings (SSSR count). The van der Waals surface area contributed by atoms with Crippen molar-refractivity contribution in [2.24, 2.45) is 0 Å². The van der Waals surface area contributed by atoms with Gasteiger partial charge in [-0.1, -0.05) is 30.3 Å². The minimum absolute atomic E-state index is 0.188. The van der Waals surface area contributed by atoms with Crippen molar-refractivity contribution in [1.29, 1.82) is 5.26 Å². The van der Waals surface area contributed by atoms with Crippen molar-refractivity contribution in [2.75, 3.05) is 13.2 Å². The number of hydrogen-bond donors (Lipinski definition) is 0. The van der Waals surface area contributed by atoms with Crippen LogP contribution < -0.4 is 4.74 Å². The Morgan fingerprint density at radius 1 is 1.14 bits per heavy atom. The van der Waals surface area contributed by atoms with Gasteiger partial charge in [0.15, 0.2) is 6.61 Å². The maximum Gasteiger partial charge on any atom is 0.416 e. The molecule has 0 radical (unpaired) electrons. The molecule has 0 bridgehead atoms. The van der Waals surface area contributed by atoms with Crippen LogP contribution in [0.1, 0.15) is 28.4 Å². The molecular formula is C21H16F3NO4. The molecule has 0 fully saturated rings. The summed E-state index contributed by atoms with van der Waals surface area (Å²) in [6, 6.07) is 11.8. The molecule has 0 aliphatic carbocycles. The molecule has 0 saturated heterocycles. The third-order valence-corrected chi connectivity index (χ3v) is 3.69. The molecule has 0 atom stereocenters. The Morgan fingerprint density at radius 3 is 2.52 bits per heavy atom. The van der Waals surface area contributed by atoms with Gasteiger partial charge in [-0.25, -0.2) is 4.79 Å². The Bertz CT molecular complexity index is 974. The summed E-state index contributed by atoms with van der Waals surface area (Å²) in [5, 5.41) is 9.35. The first-order valence-corrected chi connectivity index (χ1v) is 8.47. The summed E-state index contributed by atoms with van der Waals surface area (Å²) in [6.07, 6.45) is -3.41. The number of allylic oxidation sites excluding steroid dienone is 1. The van der Waals surface area contributed by atoms with E-state index in [9.17, 15) is 28.0 Å². The van der Waals surface area contributed by atoms with Gasteiger partial charge in [-0.05, 0) is 31.2 Å². The number of ether oxygens (including phenoxy) is 2. The van der Waals surface area contributed by atoms with Crippen molar-refractivity contribution in [2.45, 2.75) is 13.1 Å². The number of para-hydroxylation sites is 1. The number of halogens is 3. The molecule has 0 saturated carbocycles. The molecule has 2 aromatic rings. The number of esters is 1. The lowest BCUT2D eigenvalue weighted by Gasteiger charge is -2.10. The van der Waals surface area contributed by atoms with E-state index in [2.05, 4.69) is 0 Å². The monoisotopic (exact) mass is 403 g/mol. The largest absolute Gasteiger partial charge is 0.481 e. The van der Waals surface area contributed by atoms with Crippen LogP contribution in [0, 0.1) is 11.3 Å². The molecule has 29 heavy (non-hydrogen) atoms. The van der Waals surface area contributed by atoms with Crippen LogP contribution in [0.4, 0.5) is 13.2 Å². The zero-order chi connectivity index (χ0) is 21.4. The SMILES string of the molecule is CCOC(=O)COc1ccccc1C=C(C#N)C(=O)c1cccc(C(F)(F)F)c1. The minimum Gasteiger partial charge on any atom is -0.481 e. The topological polar surface area (TPSA) is 76.4 Å². The number of alkyl halides is 3. The van der Waals surface area contributed by atoms with Gasteiger partial charge >= 0.3 is 12.1 Å². The quantitative estimate of drug-likeness (QED) is 0.296. The van der Waals surface area contributed by atoms with Gasteiger partial charge in [0.2, 0.25) is 5.78 Å². The maximum absolute atomic E-state index is 12.9. The summed E-state index contributed by atoms with van der Waals surface area (Å²) in [5.41, 5.74) is -1.32. The van der Waals surface area contributed by atoms with Crippen molar-refractivity contribution in [1.82, 2.24) is 0 Å². The number of carbonyl (C=O) groups excluding carboxylic acids is 2. The third-order valence-electron chi connectivity index (χ3n) is 3.69. The fourth-order valence-corrected chi connectivity index (χ4v) is 2.37. The lowest BCUT2D eigenvalue weighted by Crippen LogP contribution is -2.15. The predicted octanol–water partition coefficient (Wildman–Crippen LogP) is 4.44. The summed E-state index contributed by atoms with van der Waals surface area (Å²) in [6.45, 7) is 1.46. The van der Waals surface area contributed by atoms with Crippen molar-refractivity contribution < 1.29 is 32.2 Å². The van der Waals surface area contributed by atoms with Gasteiger partial charge in [-0.2, -0.15) is 18.4 Å². The Kier molecular flexibility index (Phi) is 7.15. The van der Waals surface area contributed by atoms with Crippen LogP contribution in [-0.4, -0.2) is 25.0 Å². The van der Waals surface area contributed by atoms with E-state index in [1.165, 1.54) is 24.3 Å². The average Bonchev–Trinajstić information content (AvgIpc) is 2.70. The van der Waals surface area contributed by atoms with Crippen LogP contribution in [0.15, 0.2) is 54.1 Å². The molecule has 0 aliphatic rings. The highest BCUT2D eigenvalue weighted by atomic mass is 19.4. The normalized spacial score (nSPS) is 11.5. The van der Waals surface area contributed by atoms with E-state index in [4.69, 9.17) is 9.47 Å². The molecule has 0 unspecified atom stereocenters. The molecule has 0 spiro atoms. The fraction of sp³-hybridized carbons (Fsp3) is 0.190. The highest BCUT2D eigenvalue weighted by Gasteiger charge is 2.31. The lowest BCUT2D eigenvalue weighted by molar-refractivity contribution is -0.145. The molecule has 5 nitrogen and oxygen atoms in total. The summed E-state index contributed by atoms with van der Waals surface area (Å²) in [5.74, 6) is -1.24. The van der Waals surface area contributed by atoms with E-state index in [0.717, 1.165) is 12.1 Å². The second-order valence-electron chi connectivity index (χ2n) is 5.71. The number of nitriles is 1. The number of rotatable bonds is 7. The summed E-state index contributed by atoms with van der Waals surface area (Å²) >= 11 is 0. The van der Waals surface area contributed by atoms with Crippen LogP contribution in [0.2, 0.25) is 0 Å². The molecule has 2 aromatic carbocycles.